The molecular formula is C12H25OSi. The van der Waals surface area contributed by atoms with E-state index in [-0.39, 0.29) is 0 Å². The quantitative estimate of drug-likeness (QED) is 0.637. The Kier molecular flexibility index (Phi) is 4.65. The summed E-state index contributed by atoms with van der Waals surface area (Å²) in [4.78, 5) is 0. The van der Waals surface area contributed by atoms with Crippen LogP contribution in [0.1, 0.15) is 46.0 Å². The van der Waals surface area contributed by atoms with Crippen LogP contribution in [-0.2, 0) is 4.43 Å². The monoisotopic (exact) mass is 213 g/mol. The zero-order chi connectivity index (χ0) is 10.6. The molecule has 0 aromatic carbocycles. The first-order valence-corrected chi connectivity index (χ1v) is 9.05. The minimum Gasteiger partial charge on any atom is -0.417 e. The summed E-state index contributed by atoms with van der Waals surface area (Å²) >= 11 is 0. The van der Waals surface area contributed by atoms with E-state index in [0.29, 0.717) is 0 Å². The predicted molar refractivity (Wildman–Crippen MR) is 64.9 cm³/mol. The van der Waals surface area contributed by atoms with Gasteiger partial charge in [-0.05, 0) is 44.3 Å². The Morgan fingerprint density at radius 1 is 1.21 bits per heavy atom. The van der Waals surface area contributed by atoms with Gasteiger partial charge in [0.25, 0.3) is 0 Å². The molecule has 83 valence electrons. The molecule has 1 saturated carbocycles. The van der Waals surface area contributed by atoms with E-state index >= 15 is 0 Å². The molecule has 0 amide bonds. The lowest BCUT2D eigenvalue weighted by Gasteiger charge is -2.36. The van der Waals surface area contributed by atoms with Crippen molar-refractivity contribution >= 4 is 8.32 Å². The highest BCUT2D eigenvalue weighted by Gasteiger charge is 2.36. The average Bonchev–Trinajstić information content (AvgIpc) is 2.18. The van der Waals surface area contributed by atoms with Gasteiger partial charge in [-0.25, -0.2) is 0 Å². The fourth-order valence-corrected chi connectivity index (χ4v) is 4.69. The molecule has 1 aliphatic carbocycles. The van der Waals surface area contributed by atoms with Crippen LogP contribution in [0.25, 0.3) is 0 Å². The second-order valence-electron chi connectivity index (χ2n) is 4.98. The molecule has 0 spiro atoms. The molecule has 1 unspecified atom stereocenters. The molecular weight excluding hydrogens is 188 g/mol. The van der Waals surface area contributed by atoms with E-state index in [1.54, 1.807) is 5.92 Å². The zero-order valence-corrected chi connectivity index (χ0v) is 11.2. The standard InChI is InChI=1S/C12H25OSi/c1-5-13-14(3,4)11(2)12-9-7-6-8-10-12/h11H,5-10H2,1-4H3. The van der Waals surface area contributed by atoms with Crippen molar-refractivity contribution < 1.29 is 4.43 Å². The highest BCUT2D eigenvalue weighted by molar-refractivity contribution is 6.73. The van der Waals surface area contributed by atoms with Crippen molar-refractivity contribution in [3.63, 3.8) is 0 Å². The third kappa shape index (κ3) is 3.09. The number of hydrogen-bond acceptors (Lipinski definition) is 1. The van der Waals surface area contributed by atoms with Gasteiger partial charge in [0.15, 0.2) is 8.32 Å². The van der Waals surface area contributed by atoms with Crippen LogP contribution in [0.5, 0.6) is 0 Å². The lowest BCUT2D eigenvalue weighted by atomic mass is 9.87. The smallest absolute Gasteiger partial charge is 0.190 e. The molecule has 0 saturated heterocycles. The van der Waals surface area contributed by atoms with Crippen LogP contribution in [0.2, 0.25) is 18.6 Å². The largest absolute Gasteiger partial charge is 0.417 e. The third-order valence-electron chi connectivity index (χ3n) is 3.67. The summed E-state index contributed by atoms with van der Waals surface area (Å²) in [6, 6.07) is 0. The lowest BCUT2D eigenvalue weighted by molar-refractivity contribution is 0.317. The van der Waals surface area contributed by atoms with Crippen molar-refractivity contribution in [2.45, 2.75) is 64.6 Å². The maximum atomic E-state index is 5.96. The average molecular weight is 213 g/mol. The van der Waals surface area contributed by atoms with E-state index in [4.69, 9.17) is 4.43 Å². The zero-order valence-electron chi connectivity index (χ0n) is 10.2. The van der Waals surface area contributed by atoms with Gasteiger partial charge in [0, 0.05) is 6.61 Å². The minimum atomic E-state index is -1.43. The summed E-state index contributed by atoms with van der Waals surface area (Å²) in [7, 11) is -1.43. The highest BCUT2D eigenvalue weighted by Crippen LogP contribution is 2.40. The Bertz CT molecular complexity index is 162. The fraction of sp³-hybridized carbons (Fsp3) is 0.917. The van der Waals surface area contributed by atoms with E-state index in [1.807, 2.05) is 0 Å². The van der Waals surface area contributed by atoms with Crippen molar-refractivity contribution in [2.75, 3.05) is 6.61 Å². The molecule has 1 atom stereocenters. The Labute approximate surface area is 90.4 Å². The number of hydrogen-bond donors (Lipinski definition) is 0. The van der Waals surface area contributed by atoms with E-state index in [9.17, 15) is 0 Å². The van der Waals surface area contributed by atoms with Crippen LogP contribution < -0.4 is 0 Å². The second-order valence-corrected chi connectivity index (χ2v) is 9.34. The summed E-state index contributed by atoms with van der Waals surface area (Å²) in [5.41, 5.74) is 0.753. The normalized spacial score (nSPS) is 22.3. The minimum absolute atomic E-state index is 0.753. The van der Waals surface area contributed by atoms with Crippen LogP contribution >= 0.6 is 0 Å². The summed E-state index contributed by atoms with van der Waals surface area (Å²) in [5, 5.41) is 0. The van der Waals surface area contributed by atoms with Crippen molar-refractivity contribution in [3.8, 4) is 0 Å². The Morgan fingerprint density at radius 2 is 1.79 bits per heavy atom. The fourth-order valence-electron chi connectivity index (χ4n) is 2.43. The first-order valence-electron chi connectivity index (χ1n) is 6.06. The molecule has 0 heterocycles. The SMILES string of the molecule is CCO[Si](C)(C)C(C)[C]1CCCCC1. The van der Waals surface area contributed by atoms with Crippen molar-refractivity contribution in [2.24, 2.45) is 0 Å². The molecule has 0 aromatic rings. The van der Waals surface area contributed by atoms with Gasteiger partial charge in [-0.15, -0.1) is 0 Å². The molecule has 1 aliphatic rings. The molecule has 2 heteroatoms. The Hall–Kier alpha value is 0.177. The molecule has 0 bridgehead atoms. The van der Waals surface area contributed by atoms with E-state index < -0.39 is 8.32 Å². The van der Waals surface area contributed by atoms with E-state index in [0.717, 1.165) is 12.1 Å². The Morgan fingerprint density at radius 3 is 2.29 bits per heavy atom. The van der Waals surface area contributed by atoms with Crippen molar-refractivity contribution in [1.82, 2.24) is 0 Å². The van der Waals surface area contributed by atoms with E-state index in [1.165, 1.54) is 32.1 Å². The molecule has 1 nitrogen and oxygen atoms in total. The summed E-state index contributed by atoms with van der Waals surface area (Å²) in [6.07, 6.45) is 6.99. The summed E-state index contributed by atoms with van der Waals surface area (Å²) in [5.74, 6) is 1.79. The molecule has 14 heavy (non-hydrogen) atoms. The maximum absolute atomic E-state index is 5.96. The Balaban J connectivity index is 2.48. The van der Waals surface area contributed by atoms with Crippen LogP contribution in [0.4, 0.5) is 0 Å². The topological polar surface area (TPSA) is 9.23 Å². The first kappa shape index (κ1) is 12.2. The van der Waals surface area contributed by atoms with Crippen molar-refractivity contribution in [3.05, 3.63) is 5.92 Å². The van der Waals surface area contributed by atoms with Gasteiger partial charge >= 0.3 is 0 Å². The van der Waals surface area contributed by atoms with Crippen LogP contribution in [0.15, 0.2) is 0 Å². The molecule has 1 radical (unpaired) electrons. The molecule has 1 rings (SSSR count). The summed E-state index contributed by atoms with van der Waals surface area (Å²) < 4.78 is 5.96. The summed E-state index contributed by atoms with van der Waals surface area (Å²) in [6.45, 7) is 10.1. The maximum Gasteiger partial charge on any atom is 0.190 e. The van der Waals surface area contributed by atoms with Gasteiger partial charge in [0.05, 0.1) is 0 Å². The van der Waals surface area contributed by atoms with Gasteiger partial charge in [0.1, 0.15) is 0 Å². The van der Waals surface area contributed by atoms with Crippen molar-refractivity contribution in [1.29, 1.82) is 0 Å². The second kappa shape index (κ2) is 5.31. The molecule has 1 fully saturated rings. The predicted octanol–water partition coefficient (Wildman–Crippen LogP) is 4.16. The third-order valence-corrected chi connectivity index (χ3v) is 7.19. The number of rotatable bonds is 4. The van der Waals surface area contributed by atoms with E-state index in [2.05, 4.69) is 26.9 Å². The van der Waals surface area contributed by atoms with Gasteiger partial charge in [-0.3, -0.25) is 0 Å². The van der Waals surface area contributed by atoms with Gasteiger partial charge in [0.2, 0.25) is 0 Å². The van der Waals surface area contributed by atoms with Crippen LogP contribution in [-0.4, -0.2) is 14.9 Å². The molecule has 0 aromatic heterocycles. The lowest BCUT2D eigenvalue weighted by Crippen LogP contribution is -2.38. The van der Waals surface area contributed by atoms with Crippen LogP contribution in [0, 0.1) is 5.92 Å². The van der Waals surface area contributed by atoms with Gasteiger partial charge < -0.3 is 4.43 Å². The molecule has 0 aliphatic heterocycles. The van der Waals surface area contributed by atoms with Gasteiger partial charge in [-0.1, -0.05) is 26.2 Å². The first-order chi connectivity index (χ1) is 6.58. The highest BCUT2D eigenvalue weighted by atomic mass is 28.4. The molecule has 0 N–H and O–H groups in total. The van der Waals surface area contributed by atoms with Crippen LogP contribution in [0.3, 0.4) is 0 Å². The van der Waals surface area contributed by atoms with Gasteiger partial charge in [-0.2, -0.15) is 0 Å².